The first-order chi connectivity index (χ1) is 14.9. The van der Waals surface area contributed by atoms with E-state index in [0.29, 0.717) is 22.4 Å². The summed E-state index contributed by atoms with van der Waals surface area (Å²) in [6.07, 6.45) is 0. The van der Waals surface area contributed by atoms with E-state index in [4.69, 9.17) is 0 Å². The first-order valence-corrected chi connectivity index (χ1v) is 9.40. The summed E-state index contributed by atoms with van der Waals surface area (Å²) in [7, 11) is 0. The molecule has 0 unspecified atom stereocenters. The second-order valence-electron chi connectivity index (χ2n) is 7.02. The van der Waals surface area contributed by atoms with Crippen LogP contribution in [0.2, 0.25) is 0 Å². The first-order valence-electron chi connectivity index (χ1n) is 9.40. The van der Waals surface area contributed by atoms with Gasteiger partial charge in [0, 0.05) is 16.8 Å². The number of rotatable bonds is 4. The van der Waals surface area contributed by atoms with E-state index >= 15 is 0 Å². The molecular formula is C22H17FN6O2. The summed E-state index contributed by atoms with van der Waals surface area (Å²) in [5.41, 5.74) is 2.06. The molecule has 0 spiro atoms. The number of nitrogens with zero attached hydrogens (tertiary/aromatic N) is 5. The van der Waals surface area contributed by atoms with Gasteiger partial charge in [0.1, 0.15) is 5.82 Å². The van der Waals surface area contributed by atoms with Crippen LogP contribution in [-0.2, 0) is 6.54 Å². The van der Waals surface area contributed by atoms with Gasteiger partial charge in [0.25, 0.3) is 17.2 Å². The number of anilines is 1. The summed E-state index contributed by atoms with van der Waals surface area (Å²) >= 11 is 0. The molecule has 4 rings (SSSR count). The quantitative estimate of drug-likeness (QED) is 0.550. The number of hydrogen-bond acceptors (Lipinski definition) is 5. The van der Waals surface area contributed by atoms with Gasteiger partial charge in [0.05, 0.1) is 18.2 Å². The van der Waals surface area contributed by atoms with Gasteiger partial charge < -0.3 is 0 Å². The second-order valence-corrected chi connectivity index (χ2v) is 7.02. The van der Waals surface area contributed by atoms with Crippen LogP contribution >= 0.6 is 0 Å². The fourth-order valence-corrected chi connectivity index (χ4v) is 3.13. The number of benzene rings is 2. The molecule has 0 atom stereocenters. The zero-order chi connectivity index (χ0) is 22.1. The van der Waals surface area contributed by atoms with Gasteiger partial charge in [-0.15, -0.1) is 0 Å². The number of nitriles is 1. The molecule has 31 heavy (non-hydrogen) atoms. The zero-order valence-electron chi connectivity index (χ0n) is 16.8. The Morgan fingerprint density at radius 1 is 1.19 bits per heavy atom. The van der Waals surface area contributed by atoms with E-state index in [-0.39, 0.29) is 29.4 Å². The third kappa shape index (κ3) is 3.79. The Morgan fingerprint density at radius 2 is 1.94 bits per heavy atom. The SMILES string of the molecule is Cc1nc2nc(N(Cc3cccc(C#N)c3)C(=O)c3ccc(F)cc3)[nH]n2c(=O)c1C. The van der Waals surface area contributed by atoms with Crippen LogP contribution in [0.5, 0.6) is 0 Å². The molecule has 0 saturated heterocycles. The molecule has 154 valence electrons. The maximum Gasteiger partial charge on any atom is 0.277 e. The van der Waals surface area contributed by atoms with Crippen LogP contribution < -0.4 is 10.5 Å². The van der Waals surface area contributed by atoms with E-state index in [2.05, 4.69) is 21.1 Å². The zero-order valence-corrected chi connectivity index (χ0v) is 16.8. The van der Waals surface area contributed by atoms with Crippen molar-refractivity contribution >= 4 is 17.6 Å². The Morgan fingerprint density at radius 3 is 2.65 bits per heavy atom. The highest BCUT2D eigenvalue weighted by Crippen LogP contribution is 2.18. The van der Waals surface area contributed by atoms with E-state index in [9.17, 15) is 19.2 Å². The van der Waals surface area contributed by atoms with Gasteiger partial charge in [-0.25, -0.2) is 9.37 Å². The van der Waals surface area contributed by atoms with Gasteiger partial charge in [-0.05, 0) is 55.8 Å². The van der Waals surface area contributed by atoms with Crippen LogP contribution in [0.3, 0.4) is 0 Å². The van der Waals surface area contributed by atoms with Gasteiger partial charge >= 0.3 is 0 Å². The fourth-order valence-electron chi connectivity index (χ4n) is 3.13. The van der Waals surface area contributed by atoms with Gasteiger partial charge in [0.15, 0.2) is 0 Å². The third-order valence-corrected chi connectivity index (χ3v) is 4.94. The predicted molar refractivity (Wildman–Crippen MR) is 111 cm³/mol. The highest BCUT2D eigenvalue weighted by atomic mass is 19.1. The van der Waals surface area contributed by atoms with Gasteiger partial charge in [-0.3, -0.25) is 19.6 Å². The maximum absolute atomic E-state index is 13.3. The van der Waals surface area contributed by atoms with Crippen molar-refractivity contribution in [1.82, 2.24) is 19.6 Å². The predicted octanol–water partition coefficient (Wildman–Crippen LogP) is 2.89. The molecule has 1 amide bonds. The van der Waals surface area contributed by atoms with E-state index < -0.39 is 11.7 Å². The molecule has 0 saturated carbocycles. The largest absolute Gasteiger partial charge is 0.277 e. The molecule has 4 aromatic rings. The number of aryl methyl sites for hydroxylation is 1. The average molecular weight is 416 g/mol. The highest BCUT2D eigenvalue weighted by molar-refractivity contribution is 6.05. The Kier molecular flexibility index (Phi) is 5.05. The van der Waals surface area contributed by atoms with E-state index in [1.165, 1.54) is 33.7 Å². The molecule has 1 N–H and O–H groups in total. The van der Waals surface area contributed by atoms with E-state index in [0.717, 1.165) is 0 Å². The molecule has 0 aliphatic heterocycles. The van der Waals surface area contributed by atoms with Crippen LogP contribution in [0, 0.1) is 31.0 Å². The molecule has 0 aliphatic rings. The number of carbonyl (C=O) groups excluding carboxylic acids is 1. The number of fused-ring (bicyclic) bond motifs is 1. The standard InChI is InChI=1S/C22H17FN6O2/c1-13-14(2)25-21-26-22(27-29(21)19(13)30)28(12-16-5-3-4-15(10-16)11-24)20(31)17-6-8-18(23)9-7-17/h3-10H,12H2,1-2H3,(H,25,26,27). The summed E-state index contributed by atoms with van der Waals surface area (Å²) in [5.74, 6) is -0.685. The smallest absolute Gasteiger partial charge is 0.272 e. The van der Waals surface area contributed by atoms with Gasteiger partial charge in [0.2, 0.25) is 5.95 Å². The lowest BCUT2D eigenvalue weighted by Crippen LogP contribution is -2.31. The average Bonchev–Trinajstić information content (AvgIpc) is 3.20. The number of halogens is 1. The lowest BCUT2D eigenvalue weighted by molar-refractivity contribution is 0.0983. The van der Waals surface area contributed by atoms with Crippen molar-refractivity contribution in [3.8, 4) is 6.07 Å². The van der Waals surface area contributed by atoms with E-state index in [1.807, 2.05) is 0 Å². The lowest BCUT2D eigenvalue weighted by Gasteiger charge is -2.20. The minimum Gasteiger partial charge on any atom is -0.272 e. The number of H-pyrrole nitrogens is 1. The molecule has 0 radical (unpaired) electrons. The maximum atomic E-state index is 13.3. The second kappa shape index (κ2) is 7.84. The van der Waals surface area contributed by atoms with Crippen molar-refractivity contribution < 1.29 is 9.18 Å². The lowest BCUT2D eigenvalue weighted by atomic mass is 10.1. The Hall–Kier alpha value is -4.32. The van der Waals surface area contributed by atoms with Crippen molar-refractivity contribution in [1.29, 1.82) is 5.26 Å². The first kappa shape index (κ1) is 20.0. The fraction of sp³-hybridized carbons (Fsp3) is 0.136. The number of aromatic amines is 1. The molecular weight excluding hydrogens is 399 g/mol. The molecule has 0 bridgehead atoms. The number of aromatic nitrogens is 4. The highest BCUT2D eigenvalue weighted by Gasteiger charge is 2.23. The monoisotopic (exact) mass is 416 g/mol. The summed E-state index contributed by atoms with van der Waals surface area (Å²) in [5, 5.41) is 12.0. The molecule has 0 aliphatic carbocycles. The molecule has 8 nitrogen and oxygen atoms in total. The van der Waals surface area contributed by atoms with Crippen molar-refractivity contribution in [3.05, 3.63) is 92.6 Å². The number of hydrogen-bond donors (Lipinski definition) is 1. The summed E-state index contributed by atoms with van der Waals surface area (Å²) in [6, 6.07) is 14.0. The van der Waals surface area contributed by atoms with E-state index in [1.54, 1.807) is 38.1 Å². The van der Waals surface area contributed by atoms with Crippen molar-refractivity contribution in [3.63, 3.8) is 0 Å². The Bertz CT molecular complexity index is 1400. The van der Waals surface area contributed by atoms with Crippen LogP contribution in [-0.4, -0.2) is 25.5 Å². The molecule has 2 aromatic heterocycles. The minimum atomic E-state index is -0.463. The topological polar surface area (TPSA) is 107 Å². The van der Waals surface area contributed by atoms with Crippen molar-refractivity contribution in [2.45, 2.75) is 20.4 Å². The summed E-state index contributed by atoms with van der Waals surface area (Å²) < 4.78 is 14.5. The third-order valence-electron chi connectivity index (χ3n) is 4.94. The molecule has 9 heteroatoms. The van der Waals surface area contributed by atoms with Gasteiger partial charge in [-0.1, -0.05) is 12.1 Å². The Labute approximate surface area is 176 Å². The number of carbonyl (C=O) groups is 1. The van der Waals surface area contributed by atoms with Crippen LogP contribution in [0.15, 0.2) is 53.3 Å². The number of amides is 1. The molecule has 2 heterocycles. The van der Waals surface area contributed by atoms with Crippen molar-refractivity contribution in [2.24, 2.45) is 0 Å². The summed E-state index contributed by atoms with van der Waals surface area (Å²) in [4.78, 5) is 35.8. The van der Waals surface area contributed by atoms with Crippen LogP contribution in [0.25, 0.3) is 5.78 Å². The van der Waals surface area contributed by atoms with Crippen LogP contribution in [0.4, 0.5) is 10.3 Å². The number of nitrogens with one attached hydrogen (secondary N) is 1. The Balaban J connectivity index is 1.83. The summed E-state index contributed by atoms with van der Waals surface area (Å²) in [6.45, 7) is 3.44. The van der Waals surface area contributed by atoms with Crippen molar-refractivity contribution in [2.75, 3.05) is 4.90 Å². The minimum absolute atomic E-state index is 0.0677. The molecule has 2 aromatic carbocycles. The normalized spacial score (nSPS) is 10.8. The van der Waals surface area contributed by atoms with Gasteiger partial charge in [-0.2, -0.15) is 14.8 Å². The molecule has 0 fully saturated rings. The van der Waals surface area contributed by atoms with Crippen LogP contribution in [0.1, 0.15) is 32.7 Å².